The van der Waals surface area contributed by atoms with Crippen LogP contribution < -0.4 is 16.2 Å². The topological polar surface area (TPSA) is 113 Å². The summed E-state index contributed by atoms with van der Waals surface area (Å²) in [6.45, 7) is 3.95. The van der Waals surface area contributed by atoms with Crippen molar-refractivity contribution >= 4 is 46.2 Å². The molecule has 0 saturated carbocycles. The van der Waals surface area contributed by atoms with Gasteiger partial charge in [-0.3, -0.25) is 19.5 Å². The van der Waals surface area contributed by atoms with Crippen molar-refractivity contribution in [1.29, 1.82) is 0 Å². The molecule has 0 aliphatic carbocycles. The molecule has 27 heavy (non-hydrogen) atoms. The molecule has 1 heterocycles. The Kier molecular flexibility index (Phi) is 7.64. The van der Waals surface area contributed by atoms with Gasteiger partial charge in [0.05, 0.1) is 29.3 Å². The first kappa shape index (κ1) is 21.2. The normalized spacial score (nSPS) is 12.0. The molecular weight excluding hydrogens is 392 g/mol. The summed E-state index contributed by atoms with van der Waals surface area (Å²) in [6, 6.07) is 4.16. The standard InChI is InChI=1S/C17H21ClN4O4S/c1-3-6-19-16(26)21-14(24)9-27-17-20-13-7-11(18)4-5-12(13)15(25)22(17)8-10(2)23/h4-5,7,10,23H,3,6,8-9H2,1-2H3,(H2,19,21,24,26)/t10-/m1/s1. The molecule has 2 rings (SSSR count). The second kappa shape index (κ2) is 9.72. The number of carbonyl (C=O) groups is 2. The molecule has 0 aliphatic rings. The van der Waals surface area contributed by atoms with Gasteiger partial charge in [0.1, 0.15) is 0 Å². The van der Waals surface area contributed by atoms with Gasteiger partial charge < -0.3 is 10.4 Å². The Labute approximate surface area is 165 Å². The summed E-state index contributed by atoms with van der Waals surface area (Å²) >= 11 is 6.97. The van der Waals surface area contributed by atoms with Gasteiger partial charge in [0, 0.05) is 11.6 Å². The molecule has 1 aromatic carbocycles. The molecule has 0 unspecified atom stereocenters. The minimum absolute atomic E-state index is 0.0331. The Hall–Kier alpha value is -2.10. The van der Waals surface area contributed by atoms with Gasteiger partial charge in [0.15, 0.2) is 5.16 Å². The third-order valence-electron chi connectivity index (χ3n) is 3.45. The molecule has 10 heteroatoms. The number of benzene rings is 1. The molecule has 0 radical (unpaired) electrons. The highest BCUT2D eigenvalue weighted by atomic mass is 35.5. The third-order valence-corrected chi connectivity index (χ3v) is 4.66. The number of hydrogen-bond acceptors (Lipinski definition) is 6. The maximum Gasteiger partial charge on any atom is 0.321 e. The number of thioether (sulfide) groups is 1. The average molecular weight is 413 g/mol. The van der Waals surface area contributed by atoms with Gasteiger partial charge >= 0.3 is 6.03 Å². The van der Waals surface area contributed by atoms with Gasteiger partial charge in [-0.15, -0.1) is 0 Å². The highest BCUT2D eigenvalue weighted by molar-refractivity contribution is 7.99. The third kappa shape index (κ3) is 5.95. The maximum absolute atomic E-state index is 12.7. The number of urea groups is 1. The molecule has 8 nitrogen and oxygen atoms in total. The molecule has 3 N–H and O–H groups in total. The molecule has 2 aromatic rings. The van der Waals surface area contributed by atoms with Crippen LogP contribution in [-0.2, 0) is 11.3 Å². The highest BCUT2D eigenvalue weighted by Gasteiger charge is 2.16. The lowest BCUT2D eigenvalue weighted by molar-refractivity contribution is -0.117. The first-order chi connectivity index (χ1) is 12.8. The van der Waals surface area contributed by atoms with Gasteiger partial charge in [-0.2, -0.15) is 0 Å². The number of nitrogens with zero attached hydrogens (tertiary/aromatic N) is 2. The van der Waals surface area contributed by atoms with Crippen LogP contribution in [0.25, 0.3) is 10.9 Å². The predicted octanol–water partition coefficient (Wildman–Crippen LogP) is 1.76. The minimum atomic E-state index is -0.776. The maximum atomic E-state index is 12.7. The van der Waals surface area contributed by atoms with Crippen molar-refractivity contribution in [2.45, 2.75) is 38.1 Å². The van der Waals surface area contributed by atoms with E-state index in [1.165, 1.54) is 4.57 Å². The van der Waals surface area contributed by atoms with Gasteiger partial charge in [-0.05, 0) is 31.5 Å². The molecule has 1 atom stereocenters. The van der Waals surface area contributed by atoms with Crippen molar-refractivity contribution in [3.05, 3.63) is 33.6 Å². The second-order valence-corrected chi connectivity index (χ2v) is 7.29. The molecule has 0 aliphatic heterocycles. The van der Waals surface area contributed by atoms with E-state index in [-0.39, 0.29) is 23.0 Å². The van der Waals surface area contributed by atoms with Crippen LogP contribution in [-0.4, -0.2) is 45.0 Å². The Morgan fingerprint density at radius 3 is 2.81 bits per heavy atom. The molecular formula is C17H21ClN4O4S. The number of carbonyl (C=O) groups excluding carboxylic acids is 2. The van der Waals surface area contributed by atoms with Gasteiger partial charge in [-0.25, -0.2) is 9.78 Å². The first-order valence-electron chi connectivity index (χ1n) is 8.40. The fourth-order valence-corrected chi connectivity index (χ4v) is 3.26. The van der Waals surface area contributed by atoms with Crippen LogP contribution >= 0.6 is 23.4 Å². The average Bonchev–Trinajstić information content (AvgIpc) is 2.60. The molecule has 0 fully saturated rings. The molecule has 0 bridgehead atoms. The zero-order valence-electron chi connectivity index (χ0n) is 15.0. The fraction of sp³-hybridized carbons (Fsp3) is 0.412. The lowest BCUT2D eigenvalue weighted by atomic mass is 10.2. The van der Waals surface area contributed by atoms with Crippen molar-refractivity contribution in [2.24, 2.45) is 0 Å². The van der Waals surface area contributed by atoms with Crippen LogP contribution in [0.5, 0.6) is 0 Å². The number of aliphatic hydroxyl groups is 1. The Balaban J connectivity index is 2.23. The summed E-state index contributed by atoms with van der Waals surface area (Å²) in [5.41, 5.74) is 0.0686. The number of aromatic nitrogens is 2. The second-order valence-electron chi connectivity index (χ2n) is 5.91. The van der Waals surface area contributed by atoms with Crippen molar-refractivity contribution in [2.75, 3.05) is 12.3 Å². The van der Waals surface area contributed by atoms with Crippen LogP contribution in [0.3, 0.4) is 0 Å². The molecule has 0 spiro atoms. The van der Waals surface area contributed by atoms with Crippen LogP contribution in [0.15, 0.2) is 28.2 Å². The van der Waals surface area contributed by atoms with Crippen molar-refractivity contribution < 1.29 is 14.7 Å². The summed E-state index contributed by atoms with van der Waals surface area (Å²) < 4.78 is 1.32. The highest BCUT2D eigenvalue weighted by Crippen LogP contribution is 2.20. The Morgan fingerprint density at radius 1 is 1.41 bits per heavy atom. The number of amides is 3. The first-order valence-corrected chi connectivity index (χ1v) is 9.76. The summed E-state index contributed by atoms with van der Waals surface area (Å²) in [6.07, 6.45) is -0.0202. The van der Waals surface area contributed by atoms with Gasteiger partial charge in [-0.1, -0.05) is 30.3 Å². The van der Waals surface area contributed by atoms with E-state index in [9.17, 15) is 19.5 Å². The van der Waals surface area contributed by atoms with E-state index in [1.807, 2.05) is 6.92 Å². The van der Waals surface area contributed by atoms with E-state index in [0.717, 1.165) is 18.2 Å². The Morgan fingerprint density at radius 2 is 2.15 bits per heavy atom. The number of halogens is 1. The SMILES string of the molecule is CCCNC(=O)NC(=O)CSc1nc2cc(Cl)ccc2c(=O)n1C[C@@H](C)O. The number of rotatable bonds is 7. The van der Waals surface area contributed by atoms with Gasteiger partial charge in [0.2, 0.25) is 5.91 Å². The summed E-state index contributed by atoms with van der Waals surface area (Å²) in [5, 5.41) is 15.5. The number of nitrogens with one attached hydrogen (secondary N) is 2. The summed E-state index contributed by atoms with van der Waals surface area (Å²) in [7, 11) is 0. The van der Waals surface area contributed by atoms with E-state index >= 15 is 0 Å². The number of hydrogen-bond donors (Lipinski definition) is 3. The summed E-state index contributed by atoms with van der Waals surface area (Å²) in [5.74, 6) is -0.629. The van der Waals surface area contributed by atoms with Crippen LogP contribution in [0.4, 0.5) is 4.79 Å². The zero-order valence-corrected chi connectivity index (χ0v) is 16.6. The van der Waals surface area contributed by atoms with E-state index in [0.29, 0.717) is 22.5 Å². The van der Waals surface area contributed by atoms with E-state index in [2.05, 4.69) is 15.6 Å². The van der Waals surface area contributed by atoms with Crippen LogP contribution in [0, 0.1) is 0 Å². The molecule has 1 aromatic heterocycles. The van der Waals surface area contributed by atoms with Crippen molar-refractivity contribution in [1.82, 2.24) is 20.2 Å². The minimum Gasteiger partial charge on any atom is -0.392 e. The zero-order chi connectivity index (χ0) is 20.0. The van der Waals surface area contributed by atoms with Gasteiger partial charge in [0.25, 0.3) is 5.56 Å². The van der Waals surface area contributed by atoms with E-state index < -0.39 is 18.0 Å². The molecule has 0 saturated heterocycles. The monoisotopic (exact) mass is 412 g/mol. The lowest BCUT2D eigenvalue weighted by Crippen LogP contribution is -2.40. The Bertz CT molecular complexity index is 900. The number of imide groups is 1. The quantitative estimate of drug-likeness (QED) is 0.471. The van der Waals surface area contributed by atoms with Crippen LogP contribution in [0.1, 0.15) is 20.3 Å². The summed E-state index contributed by atoms with van der Waals surface area (Å²) in [4.78, 5) is 40.6. The largest absolute Gasteiger partial charge is 0.392 e. The van der Waals surface area contributed by atoms with Crippen molar-refractivity contribution in [3.8, 4) is 0 Å². The van der Waals surface area contributed by atoms with Crippen LogP contribution in [0.2, 0.25) is 5.02 Å². The van der Waals surface area contributed by atoms with Crippen molar-refractivity contribution in [3.63, 3.8) is 0 Å². The molecule has 3 amide bonds. The number of fused-ring (bicyclic) bond motifs is 1. The van der Waals surface area contributed by atoms with E-state index in [1.54, 1.807) is 25.1 Å². The number of aliphatic hydroxyl groups excluding tert-OH is 1. The molecule has 146 valence electrons. The smallest absolute Gasteiger partial charge is 0.321 e. The predicted molar refractivity (Wildman–Crippen MR) is 105 cm³/mol. The fourth-order valence-electron chi connectivity index (χ4n) is 2.28. The van der Waals surface area contributed by atoms with E-state index in [4.69, 9.17) is 11.6 Å². The lowest BCUT2D eigenvalue weighted by Gasteiger charge is -2.14.